The van der Waals surface area contributed by atoms with Crippen LogP contribution in [0.2, 0.25) is 5.02 Å². The van der Waals surface area contributed by atoms with Crippen LogP contribution in [-0.2, 0) is 32.6 Å². The first-order valence-corrected chi connectivity index (χ1v) is 17.8. The lowest BCUT2D eigenvalue weighted by molar-refractivity contribution is -0.140. The van der Waals surface area contributed by atoms with Crippen LogP contribution in [0, 0.1) is 6.92 Å². The van der Waals surface area contributed by atoms with Crippen molar-refractivity contribution in [2.75, 3.05) is 18.0 Å². The first-order valence-electron chi connectivity index (χ1n) is 15.2. The first-order chi connectivity index (χ1) is 22.4. The van der Waals surface area contributed by atoms with Crippen LogP contribution in [-0.4, -0.2) is 50.9 Å². The molecule has 47 heavy (non-hydrogen) atoms. The third kappa shape index (κ3) is 9.37. The van der Waals surface area contributed by atoms with Gasteiger partial charge in [0, 0.05) is 24.0 Å². The van der Waals surface area contributed by atoms with Crippen LogP contribution in [0.3, 0.4) is 0 Å². The fourth-order valence-electron chi connectivity index (χ4n) is 5.00. The van der Waals surface area contributed by atoms with Crippen molar-refractivity contribution >= 4 is 55.1 Å². The summed E-state index contributed by atoms with van der Waals surface area (Å²) < 4.78 is 35.4. The third-order valence-corrected chi connectivity index (χ3v) is 10.5. The summed E-state index contributed by atoms with van der Waals surface area (Å²) in [5.41, 5.74) is 2.79. The van der Waals surface area contributed by atoms with E-state index >= 15 is 0 Å². The van der Waals surface area contributed by atoms with Crippen LogP contribution in [0.1, 0.15) is 37.0 Å². The Morgan fingerprint density at radius 3 is 2.23 bits per heavy atom. The number of hydrogen-bond donors (Lipinski definition) is 1. The van der Waals surface area contributed by atoms with Gasteiger partial charge >= 0.3 is 0 Å². The molecule has 2 atom stereocenters. The maximum absolute atomic E-state index is 14.6. The molecule has 0 saturated heterocycles. The number of carbonyl (C=O) groups excluding carboxylic acids is 2. The Bertz CT molecular complexity index is 1790. The number of ether oxygens (including phenoxy) is 1. The van der Waals surface area contributed by atoms with Gasteiger partial charge in [0.1, 0.15) is 18.3 Å². The molecule has 4 rings (SSSR count). The standard InChI is InChI=1S/C36H39BrClN3O5S/c1-5-26(3)39-36(43)33(21-27-10-7-6-8-11-27)40(23-28-12-9-13-29(38)20-28)35(42)24-41(30-16-14-25(2)15-17-30)47(44,45)31-18-19-34(46-4)32(37)22-31/h6-20,22,26,33H,5,21,23-24H2,1-4H3,(H,39,43)/t26-,33-/m0/s1. The summed E-state index contributed by atoms with van der Waals surface area (Å²) in [7, 11) is -2.78. The van der Waals surface area contributed by atoms with Crippen molar-refractivity contribution in [1.29, 1.82) is 0 Å². The van der Waals surface area contributed by atoms with E-state index in [4.69, 9.17) is 16.3 Å². The number of carbonyl (C=O) groups is 2. The van der Waals surface area contributed by atoms with E-state index in [1.807, 2.05) is 57.2 Å². The van der Waals surface area contributed by atoms with E-state index in [1.54, 1.807) is 48.5 Å². The molecule has 0 aromatic heterocycles. The molecule has 0 saturated carbocycles. The molecule has 0 radical (unpaired) electrons. The minimum Gasteiger partial charge on any atom is -0.496 e. The van der Waals surface area contributed by atoms with Gasteiger partial charge < -0.3 is 15.0 Å². The van der Waals surface area contributed by atoms with Crippen LogP contribution >= 0.6 is 27.5 Å². The summed E-state index contributed by atoms with van der Waals surface area (Å²) in [6, 6.07) is 26.7. The Hall–Kier alpha value is -3.86. The van der Waals surface area contributed by atoms with Crippen molar-refractivity contribution < 1.29 is 22.7 Å². The lowest BCUT2D eigenvalue weighted by Crippen LogP contribution is -2.54. The number of hydrogen-bond acceptors (Lipinski definition) is 5. The molecule has 0 unspecified atom stereocenters. The summed E-state index contributed by atoms with van der Waals surface area (Å²) in [4.78, 5) is 30.0. The highest BCUT2D eigenvalue weighted by atomic mass is 79.9. The lowest BCUT2D eigenvalue weighted by Gasteiger charge is -2.34. The molecule has 0 fully saturated rings. The van der Waals surface area contributed by atoms with Crippen molar-refractivity contribution in [3.05, 3.63) is 123 Å². The van der Waals surface area contributed by atoms with E-state index in [0.717, 1.165) is 15.4 Å². The maximum atomic E-state index is 14.6. The SMILES string of the molecule is CC[C@H](C)NC(=O)[C@H](Cc1ccccc1)N(Cc1cccc(Cl)c1)C(=O)CN(c1ccc(C)cc1)S(=O)(=O)c1ccc(OC)c(Br)c1. The second kappa shape index (κ2) is 16.3. The quantitative estimate of drug-likeness (QED) is 0.148. The second-order valence-corrected chi connectivity index (χ2v) is 14.5. The molecule has 0 spiro atoms. The molecule has 2 amide bonds. The Morgan fingerprint density at radius 1 is 0.936 bits per heavy atom. The van der Waals surface area contributed by atoms with Crippen molar-refractivity contribution in [3.8, 4) is 5.75 Å². The largest absolute Gasteiger partial charge is 0.496 e. The highest BCUT2D eigenvalue weighted by Crippen LogP contribution is 2.31. The Balaban J connectivity index is 1.82. The number of methoxy groups -OCH3 is 1. The van der Waals surface area contributed by atoms with Gasteiger partial charge in [0.25, 0.3) is 10.0 Å². The average Bonchev–Trinajstić information content (AvgIpc) is 3.05. The minimum atomic E-state index is -4.27. The predicted octanol–water partition coefficient (Wildman–Crippen LogP) is 7.17. The van der Waals surface area contributed by atoms with E-state index < -0.39 is 28.5 Å². The number of benzene rings is 4. The Kier molecular flexibility index (Phi) is 12.5. The smallest absolute Gasteiger partial charge is 0.264 e. The van der Waals surface area contributed by atoms with Crippen LogP contribution in [0.15, 0.2) is 106 Å². The molecule has 0 aliphatic carbocycles. The second-order valence-electron chi connectivity index (χ2n) is 11.3. The van der Waals surface area contributed by atoms with E-state index in [-0.39, 0.29) is 29.8 Å². The molecular formula is C36H39BrClN3O5S. The van der Waals surface area contributed by atoms with Gasteiger partial charge in [0.2, 0.25) is 11.8 Å². The topological polar surface area (TPSA) is 96.0 Å². The molecule has 8 nitrogen and oxygen atoms in total. The zero-order valence-electron chi connectivity index (χ0n) is 26.8. The number of halogens is 2. The van der Waals surface area contributed by atoms with E-state index in [1.165, 1.54) is 24.1 Å². The molecule has 0 heterocycles. The highest BCUT2D eigenvalue weighted by Gasteiger charge is 2.35. The highest BCUT2D eigenvalue weighted by molar-refractivity contribution is 9.10. The fraction of sp³-hybridized carbons (Fsp3) is 0.278. The summed E-state index contributed by atoms with van der Waals surface area (Å²) in [6.45, 7) is 5.23. The molecule has 4 aromatic carbocycles. The van der Waals surface area contributed by atoms with Crippen molar-refractivity contribution in [2.24, 2.45) is 0 Å². The van der Waals surface area contributed by atoms with E-state index in [9.17, 15) is 18.0 Å². The number of aryl methyl sites for hydroxylation is 1. The zero-order chi connectivity index (χ0) is 34.1. The van der Waals surface area contributed by atoms with Crippen LogP contribution in [0.4, 0.5) is 5.69 Å². The van der Waals surface area contributed by atoms with Gasteiger partial charge in [-0.2, -0.15) is 0 Å². The number of nitrogens with one attached hydrogen (secondary N) is 1. The number of nitrogens with zero attached hydrogens (tertiary/aromatic N) is 2. The van der Waals surface area contributed by atoms with Gasteiger partial charge in [-0.3, -0.25) is 13.9 Å². The Morgan fingerprint density at radius 2 is 1.62 bits per heavy atom. The number of rotatable bonds is 14. The van der Waals surface area contributed by atoms with Gasteiger partial charge in [-0.15, -0.1) is 0 Å². The van der Waals surface area contributed by atoms with Crippen LogP contribution < -0.4 is 14.4 Å². The van der Waals surface area contributed by atoms with Crippen molar-refractivity contribution in [1.82, 2.24) is 10.2 Å². The van der Waals surface area contributed by atoms with Gasteiger partial charge in [0.15, 0.2) is 0 Å². The normalized spacial score (nSPS) is 12.6. The fourth-order valence-corrected chi connectivity index (χ4v) is 7.35. The van der Waals surface area contributed by atoms with E-state index in [2.05, 4.69) is 21.2 Å². The van der Waals surface area contributed by atoms with Crippen molar-refractivity contribution in [3.63, 3.8) is 0 Å². The molecule has 11 heteroatoms. The summed E-state index contributed by atoms with van der Waals surface area (Å²) in [5, 5.41) is 3.52. The summed E-state index contributed by atoms with van der Waals surface area (Å²) >= 11 is 9.71. The van der Waals surface area contributed by atoms with E-state index in [0.29, 0.717) is 32.9 Å². The molecular weight excluding hydrogens is 702 g/mol. The number of amides is 2. The lowest BCUT2D eigenvalue weighted by atomic mass is 10.0. The predicted molar refractivity (Wildman–Crippen MR) is 190 cm³/mol. The van der Waals surface area contributed by atoms with Crippen molar-refractivity contribution in [2.45, 2.75) is 57.1 Å². The van der Waals surface area contributed by atoms with Gasteiger partial charge in [-0.05, 0) is 89.8 Å². The molecule has 0 aliphatic heterocycles. The minimum absolute atomic E-state index is 0.0285. The zero-order valence-corrected chi connectivity index (χ0v) is 30.0. The maximum Gasteiger partial charge on any atom is 0.264 e. The van der Waals surface area contributed by atoms with Gasteiger partial charge in [-0.25, -0.2) is 8.42 Å². The molecule has 4 aromatic rings. The monoisotopic (exact) mass is 739 g/mol. The number of anilines is 1. The number of sulfonamides is 1. The molecule has 1 N–H and O–H groups in total. The molecule has 248 valence electrons. The average molecular weight is 741 g/mol. The first kappa shape index (κ1) is 36.0. The Labute approximate surface area is 290 Å². The molecule has 0 bridgehead atoms. The molecule has 0 aliphatic rings. The summed E-state index contributed by atoms with van der Waals surface area (Å²) in [6.07, 6.45) is 0.918. The van der Waals surface area contributed by atoms with Gasteiger partial charge in [-0.1, -0.05) is 78.7 Å². The van der Waals surface area contributed by atoms with Gasteiger partial charge in [0.05, 0.1) is 22.2 Å². The van der Waals surface area contributed by atoms with Crippen LogP contribution in [0.5, 0.6) is 5.75 Å². The third-order valence-electron chi connectivity index (χ3n) is 7.83. The van der Waals surface area contributed by atoms with Crippen LogP contribution in [0.25, 0.3) is 0 Å². The summed E-state index contributed by atoms with van der Waals surface area (Å²) in [5.74, 6) is -0.421.